The molecule has 4 heavy (non-hydrogen) atoms. The van der Waals surface area contributed by atoms with E-state index in [2.05, 4.69) is 0 Å². The molecule has 0 saturated heterocycles. The molecular weight excluding hydrogens is 145 g/mol. The summed E-state index contributed by atoms with van der Waals surface area (Å²) < 4.78 is 0. The fourth-order valence-electron chi connectivity index (χ4n) is 0. The molecular formula is CO2Ru. The van der Waals surface area contributed by atoms with Crippen LogP contribution in [-0.2, 0) is 29.1 Å². The Labute approximate surface area is 35.9 Å². The first-order valence-electron chi connectivity index (χ1n) is 0.408. The minimum absolute atomic E-state index is 0. The van der Waals surface area contributed by atoms with E-state index in [4.69, 9.17) is 9.59 Å². The van der Waals surface area contributed by atoms with Gasteiger partial charge in [0.25, 0.3) is 0 Å². The first-order chi connectivity index (χ1) is 1.41. The van der Waals surface area contributed by atoms with Gasteiger partial charge in [0.2, 0.25) is 0 Å². The Morgan fingerprint density at radius 2 is 1.25 bits per heavy atom. The fourth-order valence-corrected chi connectivity index (χ4v) is 0. The topological polar surface area (TPSA) is 34.1 Å². The summed E-state index contributed by atoms with van der Waals surface area (Å²) in [6.45, 7) is 0. The van der Waals surface area contributed by atoms with Gasteiger partial charge >= 0.3 is 6.15 Å². The Morgan fingerprint density at radius 3 is 1.25 bits per heavy atom. The van der Waals surface area contributed by atoms with Crippen LogP contribution in [0.25, 0.3) is 0 Å². The van der Waals surface area contributed by atoms with E-state index in [0.717, 1.165) is 0 Å². The first kappa shape index (κ1) is 9.00. The van der Waals surface area contributed by atoms with Crippen molar-refractivity contribution in [3.8, 4) is 0 Å². The van der Waals surface area contributed by atoms with Gasteiger partial charge in [0.1, 0.15) is 0 Å². The van der Waals surface area contributed by atoms with Gasteiger partial charge in [0.15, 0.2) is 0 Å². The zero-order valence-corrected chi connectivity index (χ0v) is 3.41. The second-order valence-corrected chi connectivity index (χ2v) is 0.0833. The Bertz CT molecular complexity index is 27.0. The van der Waals surface area contributed by atoms with Gasteiger partial charge in [-0.2, -0.15) is 9.59 Å². The zero-order valence-electron chi connectivity index (χ0n) is 1.67. The minimum atomic E-state index is 0. The summed E-state index contributed by atoms with van der Waals surface area (Å²) >= 11 is 0. The Morgan fingerprint density at radius 1 is 1.25 bits per heavy atom. The largest absolute Gasteiger partial charge is 0.373 e. The van der Waals surface area contributed by atoms with E-state index >= 15 is 0 Å². The minimum Gasteiger partial charge on any atom is -0.186 e. The molecule has 0 fully saturated rings. The quantitative estimate of drug-likeness (QED) is 0.427. The van der Waals surface area contributed by atoms with Gasteiger partial charge < -0.3 is 0 Å². The molecule has 0 bridgehead atoms. The van der Waals surface area contributed by atoms with Crippen molar-refractivity contribution in [2.45, 2.75) is 0 Å². The SMILES string of the molecule is O=C=O.[Ru]. The van der Waals surface area contributed by atoms with Crippen molar-refractivity contribution in [3.05, 3.63) is 0 Å². The van der Waals surface area contributed by atoms with Crippen molar-refractivity contribution >= 4 is 6.15 Å². The summed E-state index contributed by atoms with van der Waals surface area (Å²) in [6.07, 6.45) is 0.250. The van der Waals surface area contributed by atoms with E-state index in [9.17, 15) is 0 Å². The van der Waals surface area contributed by atoms with Gasteiger partial charge in [-0.3, -0.25) is 0 Å². The average Bonchev–Trinajstić information content (AvgIpc) is 0.918. The second-order valence-electron chi connectivity index (χ2n) is 0.0833. The molecule has 0 heterocycles. The van der Waals surface area contributed by atoms with E-state index in [1.165, 1.54) is 0 Å². The molecule has 0 aliphatic rings. The predicted molar refractivity (Wildman–Crippen MR) is 5.01 cm³/mol. The van der Waals surface area contributed by atoms with E-state index in [-0.39, 0.29) is 25.6 Å². The molecule has 0 aromatic carbocycles. The molecule has 2 nitrogen and oxygen atoms in total. The van der Waals surface area contributed by atoms with Crippen LogP contribution in [0.4, 0.5) is 0 Å². The van der Waals surface area contributed by atoms with E-state index < -0.39 is 0 Å². The van der Waals surface area contributed by atoms with Gasteiger partial charge in [-0.1, -0.05) is 0 Å². The average molecular weight is 145 g/mol. The van der Waals surface area contributed by atoms with Crippen molar-refractivity contribution in [1.29, 1.82) is 0 Å². The molecule has 0 atom stereocenters. The third-order valence-corrected chi connectivity index (χ3v) is 0. The van der Waals surface area contributed by atoms with Crippen LogP contribution in [0.5, 0.6) is 0 Å². The molecule has 0 radical (unpaired) electrons. The number of rotatable bonds is 0. The van der Waals surface area contributed by atoms with Crippen LogP contribution in [0.3, 0.4) is 0 Å². The second kappa shape index (κ2) is 12.0. The molecule has 3 heteroatoms. The van der Waals surface area contributed by atoms with Crippen LogP contribution >= 0.6 is 0 Å². The summed E-state index contributed by atoms with van der Waals surface area (Å²) in [7, 11) is 0. The third kappa shape index (κ3) is 177000. The van der Waals surface area contributed by atoms with Crippen LogP contribution < -0.4 is 0 Å². The summed E-state index contributed by atoms with van der Waals surface area (Å²) in [5, 5.41) is 0. The Hall–Kier alpha value is 0.00338. The maximum atomic E-state index is 8.12. The van der Waals surface area contributed by atoms with Crippen LogP contribution in [0.15, 0.2) is 0 Å². The molecule has 0 rings (SSSR count). The van der Waals surface area contributed by atoms with E-state index in [1.807, 2.05) is 0 Å². The maximum Gasteiger partial charge on any atom is 0.373 e. The summed E-state index contributed by atoms with van der Waals surface area (Å²) in [5.74, 6) is 0. The monoisotopic (exact) mass is 146 g/mol. The van der Waals surface area contributed by atoms with Gasteiger partial charge in [-0.15, -0.1) is 0 Å². The molecule has 0 amide bonds. The number of hydrogen-bond acceptors (Lipinski definition) is 2. The van der Waals surface area contributed by atoms with Crippen molar-refractivity contribution < 1.29 is 29.1 Å². The van der Waals surface area contributed by atoms with Gasteiger partial charge in [-0.05, 0) is 0 Å². The van der Waals surface area contributed by atoms with Crippen LogP contribution in [0.2, 0.25) is 0 Å². The van der Waals surface area contributed by atoms with E-state index in [1.54, 1.807) is 0 Å². The fraction of sp³-hybridized carbons (Fsp3) is 0. The summed E-state index contributed by atoms with van der Waals surface area (Å²) in [5.41, 5.74) is 0. The smallest absolute Gasteiger partial charge is 0.186 e. The third-order valence-electron chi connectivity index (χ3n) is 0. The van der Waals surface area contributed by atoms with Crippen LogP contribution in [-0.4, -0.2) is 6.15 Å². The molecule has 0 saturated carbocycles. The summed E-state index contributed by atoms with van der Waals surface area (Å²) in [6, 6.07) is 0. The van der Waals surface area contributed by atoms with Gasteiger partial charge in [0, 0.05) is 19.5 Å². The van der Waals surface area contributed by atoms with Crippen LogP contribution in [0.1, 0.15) is 0 Å². The Kier molecular flexibility index (Phi) is 26.9. The molecule has 0 aromatic heterocycles. The molecule has 0 spiro atoms. The standard InChI is InChI=1S/CO2.Ru/c2-1-3;. The van der Waals surface area contributed by atoms with Gasteiger partial charge in [0.05, 0.1) is 0 Å². The van der Waals surface area contributed by atoms with Crippen molar-refractivity contribution in [2.75, 3.05) is 0 Å². The number of carbonyl (C=O) groups excluding carboxylic acids is 2. The zero-order chi connectivity index (χ0) is 2.71. The van der Waals surface area contributed by atoms with E-state index in [0.29, 0.717) is 0 Å². The molecule has 0 aliphatic carbocycles. The summed E-state index contributed by atoms with van der Waals surface area (Å²) in [4.78, 5) is 16.2. The van der Waals surface area contributed by atoms with Crippen LogP contribution in [0, 0.1) is 0 Å². The normalized spacial score (nSPS) is 2.00. The molecule has 24 valence electrons. The van der Waals surface area contributed by atoms with Crippen molar-refractivity contribution in [3.63, 3.8) is 0 Å². The molecule has 0 unspecified atom stereocenters. The van der Waals surface area contributed by atoms with Gasteiger partial charge in [-0.25, -0.2) is 0 Å². The molecule has 0 aromatic rings. The molecule has 0 N–H and O–H groups in total. The molecule has 0 aliphatic heterocycles. The predicted octanol–water partition coefficient (Wildman–Crippen LogP) is -0.586. The number of hydrogen-bond donors (Lipinski definition) is 0. The first-order valence-corrected chi connectivity index (χ1v) is 0.408. The maximum absolute atomic E-state index is 8.12. The Balaban J connectivity index is 0. The van der Waals surface area contributed by atoms with Crippen molar-refractivity contribution in [1.82, 2.24) is 0 Å². The van der Waals surface area contributed by atoms with Crippen molar-refractivity contribution in [2.24, 2.45) is 0 Å².